The lowest BCUT2D eigenvalue weighted by Gasteiger charge is -2.09. The molecule has 0 fully saturated rings. The Balaban J connectivity index is 1.76. The Morgan fingerprint density at radius 3 is 2.48 bits per heavy atom. The summed E-state index contributed by atoms with van der Waals surface area (Å²) in [4.78, 5) is 4.41. The molecule has 118 valence electrons. The van der Waals surface area contributed by atoms with Crippen molar-refractivity contribution in [3.8, 4) is 22.8 Å². The van der Waals surface area contributed by atoms with Gasteiger partial charge in [-0.25, -0.2) is 4.98 Å². The monoisotopic (exact) mass is 309 g/mol. The second kappa shape index (κ2) is 6.04. The molecule has 5 nitrogen and oxygen atoms in total. The van der Waals surface area contributed by atoms with Gasteiger partial charge in [0.05, 0.1) is 11.9 Å². The molecule has 0 radical (unpaired) electrons. The molecule has 1 aromatic heterocycles. The smallest absolute Gasteiger partial charge is 0.203 e. The largest absolute Gasteiger partial charge is 0.504 e. The van der Waals surface area contributed by atoms with E-state index >= 15 is 0 Å². The molecule has 0 aliphatic heterocycles. The first-order valence-corrected chi connectivity index (χ1v) is 7.38. The van der Waals surface area contributed by atoms with Gasteiger partial charge in [0.1, 0.15) is 0 Å². The van der Waals surface area contributed by atoms with E-state index in [0.717, 1.165) is 22.8 Å². The summed E-state index contributed by atoms with van der Waals surface area (Å²) in [6.45, 7) is 2.57. The van der Waals surface area contributed by atoms with Crippen LogP contribution in [-0.4, -0.2) is 19.8 Å². The van der Waals surface area contributed by atoms with Crippen LogP contribution < -0.4 is 5.32 Å². The fraction of sp³-hybridized carbons (Fsp3) is 0.167. The Morgan fingerprint density at radius 2 is 1.78 bits per heavy atom. The number of anilines is 1. The first kappa shape index (κ1) is 15.0. The molecule has 0 unspecified atom stereocenters. The van der Waals surface area contributed by atoms with Crippen molar-refractivity contribution in [1.82, 2.24) is 9.55 Å². The van der Waals surface area contributed by atoms with Crippen LogP contribution in [0.5, 0.6) is 11.5 Å². The van der Waals surface area contributed by atoms with E-state index in [0.29, 0.717) is 6.54 Å². The Morgan fingerprint density at radius 1 is 1.04 bits per heavy atom. The third kappa shape index (κ3) is 3.13. The number of phenolic OH excluding ortho intramolecular Hbond substituents is 2. The van der Waals surface area contributed by atoms with E-state index < -0.39 is 0 Å². The lowest BCUT2D eigenvalue weighted by Crippen LogP contribution is -2.05. The van der Waals surface area contributed by atoms with Crippen LogP contribution in [0, 0.1) is 6.92 Å². The number of benzene rings is 2. The second-order valence-corrected chi connectivity index (χ2v) is 5.57. The van der Waals surface area contributed by atoms with Gasteiger partial charge in [0.15, 0.2) is 11.5 Å². The summed E-state index contributed by atoms with van der Waals surface area (Å²) in [5.74, 6) is 0.505. The van der Waals surface area contributed by atoms with Crippen molar-refractivity contribution in [2.75, 3.05) is 5.32 Å². The Bertz CT molecular complexity index is 823. The molecule has 0 aliphatic rings. The molecule has 1 heterocycles. The van der Waals surface area contributed by atoms with Crippen LogP contribution in [0.25, 0.3) is 11.3 Å². The molecule has 3 rings (SSSR count). The number of aromatic nitrogens is 2. The predicted molar refractivity (Wildman–Crippen MR) is 90.5 cm³/mol. The van der Waals surface area contributed by atoms with Gasteiger partial charge >= 0.3 is 0 Å². The molecule has 3 N–H and O–H groups in total. The van der Waals surface area contributed by atoms with Gasteiger partial charge in [0.2, 0.25) is 5.95 Å². The van der Waals surface area contributed by atoms with Crippen LogP contribution in [0.15, 0.2) is 48.7 Å². The maximum absolute atomic E-state index is 9.53. The first-order chi connectivity index (χ1) is 11.0. The summed E-state index contributed by atoms with van der Waals surface area (Å²) in [7, 11) is 1.96. The van der Waals surface area contributed by atoms with Crippen molar-refractivity contribution in [2.24, 2.45) is 7.05 Å². The highest BCUT2D eigenvalue weighted by molar-refractivity contribution is 5.61. The molecule has 0 saturated carbocycles. The summed E-state index contributed by atoms with van der Waals surface area (Å²) in [6, 6.07) is 13.1. The topological polar surface area (TPSA) is 70.3 Å². The van der Waals surface area contributed by atoms with Gasteiger partial charge in [-0.15, -0.1) is 0 Å². The number of phenols is 2. The van der Waals surface area contributed by atoms with E-state index in [1.54, 1.807) is 6.07 Å². The summed E-state index contributed by atoms with van der Waals surface area (Å²) in [5.41, 5.74) is 4.23. The summed E-state index contributed by atoms with van der Waals surface area (Å²) in [6.07, 6.45) is 1.83. The molecular formula is C18H19N3O2. The molecule has 0 atom stereocenters. The highest BCUT2D eigenvalue weighted by Gasteiger charge is 2.08. The minimum atomic E-state index is -0.121. The fourth-order valence-corrected chi connectivity index (χ4v) is 2.43. The van der Waals surface area contributed by atoms with Crippen molar-refractivity contribution in [3.05, 3.63) is 59.8 Å². The Hall–Kier alpha value is -2.95. The van der Waals surface area contributed by atoms with Crippen molar-refractivity contribution in [3.63, 3.8) is 0 Å². The highest BCUT2D eigenvalue weighted by atomic mass is 16.3. The van der Waals surface area contributed by atoms with E-state index in [2.05, 4.69) is 41.5 Å². The number of aromatic hydroxyl groups is 2. The molecule has 0 spiro atoms. The van der Waals surface area contributed by atoms with Crippen LogP contribution >= 0.6 is 0 Å². The quantitative estimate of drug-likeness (QED) is 0.646. The van der Waals surface area contributed by atoms with Gasteiger partial charge in [-0.05, 0) is 30.2 Å². The highest BCUT2D eigenvalue weighted by Crippen LogP contribution is 2.26. The summed E-state index contributed by atoms with van der Waals surface area (Å²) in [5, 5.41) is 22.1. The molecule has 3 aromatic rings. The van der Waals surface area contributed by atoms with Crippen molar-refractivity contribution in [1.29, 1.82) is 0 Å². The van der Waals surface area contributed by atoms with E-state index in [-0.39, 0.29) is 11.5 Å². The number of aryl methyl sites for hydroxylation is 1. The van der Waals surface area contributed by atoms with Crippen molar-refractivity contribution in [2.45, 2.75) is 13.5 Å². The SMILES string of the molecule is Cc1ccc(-c2cnc(NCc3ccc(O)c(O)c3)n2C)cc1. The molecule has 5 heteroatoms. The number of nitrogens with one attached hydrogen (secondary N) is 1. The lowest BCUT2D eigenvalue weighted by atomic mass is 10.1. The van der Waals surface area contributed by atoms with E-state index in [1.165, 1.54) is 17.7 Å². The number of imidazole rings is 1. The van der Waals surface area contributed by atoms with E-state index in [4.69, 9.17) is 0 Å². The van der Waals surface area contributed by atoms with Crippen LogP contribution in [-0.2, 0) is 13.6 Å². The standard InChI is InChI=1S/C18H19N3O2/c1-12-3-6-14(7-4-12)15-11-20-18(21(15)2)19-10-13-5-8-16(22)17(23)9-13/h3-9,11,22-23H,10H2,1-2H3,(H,19,20). The van der Waals surface area contributed by atoms with Gasteiger partial charge in [-0.1, -0.05) is 35.9 Å². The van der Waals surface area contributed by atoms with E-state index in [9.17, 15) is 10.2 Å². The predicted octanol–water partition coefficient (Wildman–Crippen LogP) is 3.42. The number of rotatable bonds is 4. The van der Waals surface area contributed by atoms with Crippen LogP contribution in [0.4, 0.5) is 5.95 Å². The van der Waals surface area contributed by atoms with Crippen LogP contribution in [0.3, 0.4) is 0 Å². The maximum atomic E-state index is 9.53. The molecule has 23 heavy (non-hydrogen) atoms. The van der Waals surface area contributed by atoms with Crippen molar-refractivity contribution < 1.29 is 10.2 Å². The number of hydrogen-bond acceptors (Lipinski definition) is 4. The molecule has 0 aliphatic carbocycles. The molecule has 0 saturated heterocycles. The van der Waals surface area contributed by atoms with Gasteiger partial charge in [0.25, 0.3) is 0 Å². The first-order valence-electron chi connectivity index (χ1n) is 7.38. The van der Waals surface area contributed by atoms with Crippen molar-refractivity contribution >= 4 is 5.95 Å². The molecule has 2 aromatic carbocycles. The summed E-state index contributed by atoms with van der Waals surface area (Å²) < 4.78 is 1.99. The zero-order chi connectivity index (χ0) is 16.4. The minimum absolute atomic E-state index is 0.118. The second-order valence-electron chi connectivity index (χ2n) is 5.57. The minimum Gasteiger partial charge on any atom is -0.504 e. The maximum Gasteiger partial charge on any atom is 0.203 e. The number of nitrogens with zero attached hydrogens (tertiary/aromatic N) is 2. The zero-order valence-electron chi connectivity index (χ0n) is 13.1. The lowest BCUT2D eigenvalue weighted by molar-refractivity contribution is 0.403. The summed E-state index contributed by atoms with van der Waals surface area (Å²) >= 11 is 0. The Kier molecular flexibility index (Phi) is 3.93. The third-order valence-electron chi connectivity index (χ3n) is 3.83. The molecule has 0 amide bonds. The molecular weight excluding hydrogens is 290 g/mol. The zero-order valence-corrected chi connectivity index (χ0v) is 13.1. The Labute approximate surface area is 134 Å². The van der Waals surface area contributed by atoms with Gasteiger partial charge in [-0.3, -0.25) is 0 Å². The number of hydrogen-bond donors (Lipinski definition) is 3. The average molecular weight is 309 g/mol. The fourth-order valence-electron chi connectivity index (χ4n) is 2.43. The van der Waals surface area contributed by atoms with Gasteiger partial charge < -0.3 is 20.1 Å². The van der Waals surface area contributed by atoms with E-state index in [1.807, 2.05) is 17.8 Å². The van der Waals surface area contributed by atoms with Crippen LogP contribution in [0.1, 0.15) is 11.1 Å². The van der Waals surface area contributed by atoms with Crippen LogP contribution in [0.2, 0.25) is 0 Å². The van der Waals surface area contributed by atoms with Gasteiger partial charge in [0, 0.05) is 13.6 Å². The normalized spacial score (nSPS) is 10.7. The third-order valence-corrected chi connectivity index (χ3v) is 3.83. The molecule has 0 bridgehead atoms. The van der Waals surface area contributed by atoms with Gasteiger partial charge in [-0.2, -0.15) is 0 Å². The average Bonchev–Trinajstić information content (AvgIpc) is 2.90.